The van der Waals surface area contributed by atoms with E-state index < -0.39 is 7.73 Å². The van der Waals surface area contributed by atoms with Crippen LogP contribution in [0.4, 0.5) is 0 Å². The summed E-state index contributed by atoms with van der Waals surface area (Å²) in [6.07, 6.45) is 2.03. The first-order valence-corrected chi connectivity index (χ1v) is 4.66. The van der Waals surface area contributed by atoms with Crippen molar-refractivity contribution in [2.24, 2.45) is 0 Å². The van der Waals surface area contributed by atoms with E-state index in [0.717, 1.165) is 12.8 Å². The quantitative estimate of drug-likeness (QED) is 0.500. The van der Waals surface area contributed by atoms with Crippen molar-refractivity contribution in [2.75, 3.05) is 6.61 Å². The summed E-state index contributed by atoms with van der Waals surface area (Å²) in [7, 11) is -1.64. The number of rotatable bonds is 4. The second-order valence-corrected chi connectivity index (χ2v) is 2.99. The maximum Gasteiger partial charge on any atom is 0.274 e. The second kappa shape index (κ2) is 5.77. The zero-order valence-electron chi connectivity index (χ0n) is 4.80. The lowest BCUT2D eigenvalue weighted by molar-refractivity contribution is 0.313. The van der Waals surface area contributed by atoms with Gasteiger partial charge in [-0.1, -0.05) is 13.3 Å². The lowest BCUT2D eigenvalue weighted by Crippen LogP contribution is -1.83. The maximum absolute atomic E-state index is 8.39. The molecular weight excluding hydrogens is 146 g/mol. The SMILES string of the molecule is CCCCOP(O)Cl. The van der Waals surface area contributed by atoms with Crippen LogP contribution in [0.5, 0.6) is 0 Å². The van der Waals surface area contributed by atoms with Gasteiger partial charge in [0.1, 0.15) is 0 Å². The van der Waals surface area contributed by atoms with Crippen LogP contribution in [0.2, 0.25) is 0 Å². The molecule has 0 radical (unpaired) electrons. The molecule has 8 heavy (non-hydrogen) atoms. The van der Waals surface area contributed by atoms with Gasteiger partial charge in [0.25, 0.3) is 7.73 Å². The topological polar surface area (TPSA) is 29.5 Å². The molecule has 0 aromatic carbocycles. The zero-order valence-corrected chi connectivity index (χ0v) is 6.45. The molecule has 0 spiro atoms. The van der Waals surface area contributed by atoms with Gasteiger partial charge in [0.2, 0.25) is 0 Å². The van der Waals surface area contributed by atoms with E-state index in [4.69, 9.17) is 16.1 Å². The maximum atomic E-state index is 8.39. The Morgan fingerprint density at radius 1 is 1.75 bits per heavy atom. The number of hydrogen-bond donors (Lipinski definition) is 1. The molecule has 0 rings (SSSR count). The average molecular weight is 157 g/mol. The van der Waals surface area contributed by atoms with Gasteiger partial charge in [-0.05, 0) is 17.7 Å². The average Bonchev–Trinajstić information content (AvgIpc) is 1.66. The third-order valence-corrected chi connectivity index (χ3v) is 1.38. The van der Waals surface area contributed by atoms with Crippen molar-refractivity contribution < 1.29 is 9.42 Å². The molecule has 0 fully saturated rings. The normalized spacial score (nSPS) is 13.9. The van der Waals surface area contributed by atoms with E-state index in [2.05, 4.69) is 11.4 Å². The fourth-order valence-electron chi connectivity index (χ4n) is 0.284. The molecule has 1 atom stereocenters. The van der Waals surface area contributed by atoms with Crippen molar-refractivity contribution in [2.45, 2.75) is 19.8 Å². The predicted octanol–water partition coefficient (Wildman–Crippen LogP) is 2.26. The minimum atomic E-state index is -1.64. The highest BCUT2D eigenvalue weighted by Gasteiger charge is 1.95. The molecule has 0 aromatic heterocycles. The summed E-state index contributed by atoms with van der Waals surface area (Å²) in [5.74, 6) is 0. The third kappa shape index (κ3) is 6.64. The van der Waals surface area contributed by atoms with E-state index in [9.17, 15) is 0 Å². The lowest BCUT2D eigenvalue weighted by atomic mass is 10.4. The Kier molecular flexibility index (Phi) is 6.23. The number of hydrogen-bond acceptors (Lipinski definition) is 2. The number of halogens is 1. The Morgan fingerprint density at radius 2 is 2.38 bits per heavy atom. The standard InChI is InChI=1S/C4H10ClO2P/c1-2-3-4-7-8(5)6/h6H,2-4H2,1H3. The van der Waals surface area contributed by atoms with Gasteiger partial charge in [0, 0.05) is 0 Å². The van der Waals surface area contributed by atoms with E-state index in [0.29, 0.717) is 6.61 Å². The van der Waals surface area contributed by atoms with Gasteiger partial charge in [0.15, 0.2) is 0 Å². The van der Waals surface area contributed by atoms with Crippen molar-refractivity contribution in [3.05, 3.63) is 0 Å². The fourth-order valence-corrected chi connectivity index (χ4v) is 0.771. The molecular formula is C4H10ClO2P. The molecule has 50 valence electrons. The summed E-state index contributed by atoms with van der Waals surface area (Å²) in [5, 5.41) is 0. The van der Waals surface area contributed by atoms with Crippen LogP contribution < -0.4 is 0 Å². The van der Waals surface area contributed by atoms with Crippen LogP contribution in [0.3, 0.4) is 0 Å². The minimum Gasteiger partial charge on any atom is -0.338 e. The van der Waals surface area contributed by atoms with E-state index in [1.165, 1.54) is 0 Å². The Balaban J connectivity index is 2.72. The number of unbranched alkanes of at least 4 members (excludes halogenated alkanes) is 1. The van der Waals surface area contributed by atoms with E-state index in [1.54, 1.807) is 0 Å². The molecule has 0 aliphatic carbocycles. The van der Waals surface area contributed by atoms with Gasteiger partial charge < -0.3 is 9.42 Å². The smallest absolute Gasteiger partial charge is 0.274 e. The van der Waals surface area contributed by atoms with Gasteiger partial charge in [-0.2, -0.15) is 0 Å². The molecule has 0 saturated heterocycles. The van der Waals surface area contributed by atoms with Crippen LogP contribution in [0.1, 0.15) is 19.8 Å². The Bertz CT molecular complexity index is 51.3. The molecule has 0 heterocycles. The lowest BCUT2D eigenvalue weighted by Gasteiger charge is -1.99. The summed E-state index contributed by atoms with van der Waals surface area (Å²) in [4.78, 5) is 8.39. The minimum absolute atomic E-state index is 0.572. The molecule has 0 aliphatic heterocycles. The highest BCUT2D eigenvalue weighted by molar-refractivity contribution is 7.75. The van der Waals surface area contributed by atoms with Gasteiger partial charge in [-0.3, -0.25) is 0 Å². The van der Waals surface area contributed by atoms with E-state index in [1.807, 2.05) is 0 Å². The first-order valence-electron chi connectivity index (χ1n) is 2.55. The summed E-state index contributed by atoms with van der Waals surface area (Å²) in [6.45, 7) is 2.62. The molecule has 1 N–H and O–H groups in total. The van der Waals surface area contributed by atoms with Crippen molar-refractivity contribution in [3.63, 3.8) is 0 Å². The van der Waals surface area contributed by atoms with Crippen molar-refractivity contribution in [3.8, 4) is 0 Å². The van der Waals surface area contributed by atoms with Crippen LogP contribution in [-0.2, 0) is 4.52 Å². The molecule has 4 heteroatoms. The summed E-state index contributed by atoms with van der Waals surface area (Å²) >= 11 is 5.11. The largest absolute Gasteiger partial charge is 0.338 e. The van der Waals surface area contributed by atoms with Gasteiger partial charge >= 0.3 is 0 Å². The molecule has 0 saturated carbocycles. The first-order chi connectivity index (χ1) is 3.77. The summed E-state index contributed by atoms with van der Waals surface area (Å²) in [5.41, 5.74) is 0. The van der Waals surface area contributed by atoms with Gasteiger partial charge in [0.05, 0.1) is 6.61 Å². The van der Waals surface area contributed by atoms with Crippen LogP contribution >= 0.6 is 19.0 Å². The van der Waals surface area contributed by atoms with Crippen molar-refractivity contribution in [1.29, 1.82) is 0 Å². The first kappa shape index (κ1) is 8.64. The monoisotopic (exact) mass is 156 g/mol. The molecule has 0 amide bonds. The summed E-state index contributed by atoms with van der Waals surface area (Å²) < 4.78 is 4.67. The molecule has 0 aromatic rings. The predicted molar refractivity (Wildman–Crippen MR) is 35.9 cm³/mol. The highest BCUT2D eigenvalue weighted by Crippen LogP contribution is 2.36. The van der Waals surface area contributed by atoms with Crippen molar-refractivity contribution >= 4 is 19.0 Å². The molecule has 1 unspecified atom stereocenters. The fraction of sp³-hybridized carbons (Fsp3) is 1.00. The van der Waals surface area contributed by atoms with Crippen LogP contribution in [0, 0.1) is 0 Å². The van der Waals surface area contributed by atoms with E-state index >= 15 is 0 Å². The molecule has 0 aliphatic rings. The second-order valence-electron chi connectivity index (χ2n) is 1.41. The molecule has 2 nitrogen and oxygen atoms in total. The Labute approximate surface area is 55.5 Å². The van der Waals surface area contributed by atoms with E-state index in [-0.39, 0.29) is 0 Å². The summed E-state index contributed by atoms with van der Waals surface area (Å²) in [6, 6.07) is 0. The van der Waals surface area contributed by atoms with Crippen LogP contribution in [-0.4, -0.2) is 11.5 Å². The third-order valence-electron chi connectivity index (χ3n) is 0.696. The van der Waals surface area contributed by atoms with Gasteiger partial charge in [-0.15, -0.1) is 0 Å². The zero-order chi connectivity index (χ0) is 6.41. The highest BCUT2D eigenvalue weighted by atomic mass is 35.7. The Hall–Kier alpha value is 0.640. The van der Waals surface area contributed by atoms with Crippen LogP contribution in [0.25, 0.3) is 0 Å². The Morgan fingerprint density at radius 3 is 2.75 bits per heavy atom. The molecule has 0 bridgehead atoms. The van der Waals surface area contributed by atoms with Crippen LogP contribution in [0.15, 0.2) is 0 Å². The van der Waals surface area contributed by atoms with Gasteiger partial charge in [-0.25, -0.2) is 0 Å². The van der Waals surface area contributed by atoms with Crippen molar-refractivity contribution in [1.82, 2.24) is 0 Å².